The highest BCUT2D eigenvalue weighted by Gasteiger charge is 2.26. The van der Waals surface area contributed by atoms with Gasteiger partial charge in [0, 0.05) is 30.3 Å². The van der Waals surface area contributed by atoms with Crippen LogP contribution in [0.1, 0.15) is 37.9 Å². The van der Waals surface area contributed by atoms with Gasteiger partial charge in [-0.2, -0.15) is 0 Å². The number of rotatable bonds is 2. The Morgan fingerprint density at radius 2 is 2.19 bits per heavy atom. The van der Waals surface area contributed by atoms with Crippen LogP contribution in [-0.2, 0) is 17.7 Å². The molecule has 112 valence electrons. The van der Waals surface area contributed by atoms with E-state index in [-0.39, 0.29) is 6.09 Å². The van der Waals surface area contributed by atoms with Gasteiger partial charge in [-0.1, -0.05) is 19.2 Å². The summed E-state index contributed by atoms with van der Waals surface area (Å²) in [4.78, 5) is 22.5. The zero-order valence-corrected chi connectivity index (χ0v) is 12.8. The summed E-state index contributed by atoms with van der Waals surface area (Å²) in [7, 11) is 0. The average molecular weight is 287 g/mol. The van der Waals surface area contributed by atoms with E-state index in [2.05, 4.69) is 23.1 Å². The second-order valence-electron chi connectivity index (χ2n) is 6.05. The lowest BCUT2D eigenvalue weighted by atomic mass is 10.1. The molecule has 2 heterocycles. The van der Waals surface area contributed by atoms with E-state index in [0.717, 1.165) is 11.3 Å². The van der Waals surface area contributed by atoms with Crippen molar-refractivity contribution in [3.8, 4) is 0 Å². The molecule has 1 amide bonds. The van der Waals surface area contributed by atoms with Crippen LogP contribution < -0.4 is 0 Å². The third-order valence-electron chi connectivity index (χ3n) is 3.12. The molecule has 1 aromatic heterocycles. The molecule has 1 aliphatic rings. The van der Waals surface area contributed by atoms with Gasteiger partial charge < -0.3 is 9.64 Å². The molecule has 0 radical (unpaired) electrons. The fraction of sp³-hybridized carbons (Fsp3) is 0.438. The topological polar surface area (TPSA) is 55.3 Å². The molecule has 0 N–H and O–H groups in total. The quantitative estimate of drug-likeness (QED) is 0.785. The van der Waals surface area contributed by atoms with Crippen LogP contribution in [0.5, 0.6) is 0 Å². The first-order valence-corrected chi connectivity index (χ1v) is 6.94. The van der Waals surface area contributed by atoms with Crippen LogP contribution >= 0.6 is 0 Å². The number of aromatic nitrogens is 2. The Morgan fingerprint density at radius 3 is 2.81 bits per heavy atom. The predicted octanol–water partition coefficient (Wildman–Crippen LogP) is 2.97. The number of nitrogens with zero attached hydrogens (tertiary/aromatic N) is 3. The van der Waals surface area contributed by atoms with Gasteiger partial charge in [0.25, 0.3) is 0 Å². The second-order valence-corrected chi connectivity index (χ2v) is 6.05. The van der Waals surface area contributed by atoms with E-state index < -0.39 is 5.60 Å². The molecule has 0 aliphatic carbocycles. The van der Waals surface area contributed by atoms with Gasteiger partial charge in [0.05, 0.1) is 12.2 Å². The van der Waals surface area contributed by atoms with Gasteiger partial charge in [-0.15, -0.1) is 0 Å². The lowest BCUT2D eigenvalue weighted by Gasteiger charge is -2.30. The fourth-order valence-corrected chi connectivity index (χ4v) is 2.04. The molecular formula is C16H21N3O2. The molecule has 0 bridgehead atoms. The maximum Gasteiger partial charge on any atom is 0.410 e. The standard InChI is InChI=1S/C16H21N3O2/c1-6-11(2)14-17-9-12-10-19(8-7-13(12)18-14)15(20)21-16(3,4)5/h6,9H,1-2,7-8,10H2,3-5H3. The molecule has 0 saturated heterocycles. The number of ether oxygens (including phenoxy) is 1. The van der Waals surface area contributed by atoms with Gasteiger partial charge in [0.2, 0.25) is 0 Å². The summed E-state index contributed by atoms with van der Waals surface area (Å²) in [5.74, 6) is 0.592. The molecule has 5 heteroatoms. The minimum atomic E-state index is -0.487. The van der Waals surface area contributed by atoms with Crippen LogP contribution in [0.25, 0.3) is 5.57 Å². The van der Waals surface area contributed by atoms with Crippen molar-refractivity contribution in [2.45, 2.75) is 39.3 Å². The monoisotopic (exact) mass is 287 g/mol. The first-order chi connectivity index (χ1) is 9.80. The van der Waals surface area contributed by atoms with Gasteiger partial charge in [-0.05, 0) is 20.8 Å². The van der Waals surface area contributed by atoms with Crippen LogP contribution in [0.15, 0.2) is 25.4 Å². The van der Waals surface area contributed by atoms with E-state index in [1.165, 1.54) is 0 Å². The van der Waals surface area contributed by atoms with Crippen molar-refractivity contribution in [1.29, 1.82) is 0 Å². The van der Waals surface area contributed by atoms with Crippen molar-refractivity contribution in [1.82, 2.24) is 14.9 Å². The summed E-state index contributed by atoms with van der Waals surface area (Å²) in [6.45, 7) is 14.2. The fourth-order valence-electron chi connectivity index (χ4n) is 2.04. The van der Waals surface area contributed by atoms with Gasteiger partial charge >= 0.3 is 6.09 Å². The van der Waals surface area contributed by atoms with E-state index >= 15 is 0 Å². The van der Waals surface area contributed by atoms with Crippen molar-refractivity contribution in [2.75, 3.05) is 6.54 Å². The Morgan fingerprint density at radius 1 is 1.48 bits per heavy atom. The van der Waals surface area contributed by atoms with E-state index in [1.807, 2.05) is 20.8 Å². The predicted molar refractivity (Wildman–Crippen MR) is 81.6 cm³/mol. The zero-order valence-electron chi connectivity index (χ0n) is 12.8. The van der Waals surface area contributed by atoms with Crippen molar-refractivity contribution in [2.24, 2.45) is 0 Å². The molecule has 0 aromatic carbocycles. The van der Waals surface area contributed by atoms with Gasteiger partial charge in [-0.3, -0.25) is 0 Å². The number of hydrogen-bond donors (Lipinski definition) is 0. The van der Waals surface area contributed by atoms with E-state index in [4.69, 9.17) is 4.74 Å². The Hall–Kier alpha value is -2.17. The lowest BCUT2D eigenvalue weighted by Crippen LogP contribution is -2.40. The number of hydrogen-bond acceptors (Lipinski definition) is 4. The molecule has 0 atom stereocenters. The molecule has 2 rings (SSSR count). The Labute approximate surface area is 125 Å². The van der Waals surface area contributed by atoms with Crippen molar-refractivity contribution in [3.05, 3.63) is 42.5 Å². The number of allylic oxidation sites excluding steroid dienone is 2. The normalized spacial score (nSPS) is 14.3. The first-order valence-electron chi connectivity index (χ1n) is 6.94. The third kappa shape index (κ3) is 3.68. The molecule has 21 heavy (non-hydrogen) atoms. The van der Waals surface area contributed by atoms with Gasteiger partial charge in [-0.25, -0.2) is 14.8 Å². The number of amides is 1. The third-order valence-corrected chi connectivity index (χ3v) is 3.12. The summed E-state index contributed by atoms with van der Waals surface area (Å²) in [6, 6.07) is 0. The van der Waals surface area contributed by atoms with E-state index in [9.17, 15) is 4.79 Å². The summed E-state index contributed by atoms with van der Waals surface area (Å²) in [5, 5.41) is 0. The average Bonchev–Trinajstić information content (AvgIpc) is 2.43. The highest BCUT2D eigenvalue weighted by atomic mass is 16.6. The van der Waals surface area contributed by atoms with Crippen LogP contribution in [-0.4, -0.2) is 33.1 Å². The Kier molecular flexibility index (Phi) is 4.11. The highest BCUT2D eigenvalue weighted by Crippen LogP contribution is 2.20. The maximum atomic E-state index is 12.1. The molecule has 5 nitrogen and oxygen atoms in total. The minimum Gasteiger partial charge on any atom is -0.444 e. The van der Waals surface area contributed by atoms with Gasteiger partial charge in [0.15, 0.2) is 5.82 Å². The molecular weight excluding hydrogens is 266 g/mol. The molecule has 0 saturated carbocycles. The van der Waals surface area contributed by atoms with Gasteiger partial charge in [0.1, 0.15) is 5.60 Å². The highest BCUT2D eigenvalue weighted by molar-refractivity contribution is 5.69. The van der Waals surface area contributed by atoms with E-state index in [1.54, 1.807) is 17.2 Å². The summed E-state index contributed by atoms with van der Waals surface area (Å²) >= 11 is 0. The largest absolute Gasteiger partial charge is 0.444 e. The van der Waals surface area contributed by atoms with E-state index in [0.29, 0.717) is 30.9 Å². The van der Waals surface area contributed by atoms with Crippen LogP contribution in [0.2, 0.25) is 0 Å². The number of carbonyl (C=O) groups excluding carboxylic acids is 1. The SMILES string of the molecule is C=CC(=C)c1ncc2c(n1)CCN(C(=O)OC(C)(C)C)C2. The molecule has 0 spiro atoms. The Balaban J connectivity index is 2.13. The van der Waals surface area contributed by atoms with Crippen molar-refractivity contribution in [3.63, 3.8) is 0 Å². The Bertz CT molecular complexity index is 588. The molecule has 1 aromatic rings. The number of carbonyl (C=O) groups is 1. The molecule has 0 unspecified atom stereocenters. The lowest BCUT2D eigenvalue weighted by molar-refractivity contribution is 0.0222. The molecule has 1 aliphatic heterocycles. The number of fused-ring (bicyclic) bond motifs is 1. The van der Waals surface area contributed by atoms with Crippen LogP contribution in [0.4, 0.5) is 4.79 Å². The van der Waals surface area contributed by atoms with Crippen molar-refractivity contribution >= 4 is 11.7 Å². The summed E-state index contributed by atoms with van der Waals surface area (Å²) in [6.07, 6.45) is 3.78. The molecule has 0 fully saturated rings. The van der Waals surface area contributed by atoms with Crippen LogP contribution in [0, 0.1) is 0 Å². The summed E-state index contributed by atoms with van der Waals surface area (Å²) < 4.78 is 5.39. The van der Waals surface area contributed by atoms with Crippen molar-refractivity contribution < 1.29 is 9.53 Å². The summed E-state index contributed by atoms with van der Waals surface area (Å²) in [5.41, 5.74) is 2.13. The second kappa shape index (κ2) is 5.68. The van der Waals surface area contributed by atoms with Crippen LogP contribution in [0.3, 0.4) is 0 Å². The minimum absolute atomic E-state index is 0.298. The first kappa shape index (κ1) is 15.2. The smallest absolute Gasteiger partial charge is 0.410 e. The maximum absolute atomic E-state index is 12.1. The zero-order chi connectivity index (χ0) is 15.6.